The third-order valence-electron chi connectivity index (χ3n) is 8.37. The molecule has 3 amide bonds. The maximum atomic E-state index is 14.5. The van der Waals surface area contributed by atoms with Crippen LogP contribution in [0.3, 0.4) is 0 Å². The second-order valence-corrected chi connectivity index (χ2v) is 12.3. The Bertz CT molecular complexity index is 1080. The smallest absolute Gasteiger partial charge is 0.251 e. The second-order valence-electron chi connectivity index (χ2n) is 10.7. The van der Waals surface area contributed by atoms with E-state index in [9.17, 15) is 14.4 Å². The molecule has 2 unspecified atom stereocenters. The molecule has 1 aromatic rings. The van der Waals surface area contributed by atoms with E-state index in [0.29, 0.717) is 31.1 Å². The van der Waals surface area contributed by atoms with Crippen molar-refractivity contribution in [3.05, 3.63) is 49.6 Å². The van der Waals surface area contributed by atoms with Gasteiger partial charge in [0.1, 0.15) is 11.8 Å². The van der Waals surface area contributed by atoms with Crippen molar-refractivity contribution >= 4 is 35.2 Å². The van der Waals surface area contributed by atoms with Gasteiger partial charge >= 0.3 is 0 Å². The molecule has 212 valence electrons. The number of carbonyl (C=O) groups is 3. The highest BCUT2D eigenvalue weighted by molar-refractivity contribution is 8.02. The summed E-state index contributed by atoms with van der Waals surface area (Å²) >= 11 is 1.69. The van der Waals surface area contributed by atoms with E-state index in [1.807, 2.05) is 24.3 Å². The molecule has 3 aliphatic heterocycles. The van der Waals surface area contributed by atoms with Crippen LogP contribution >= 0.6 is 11.8 Å². The number of rotatable bonds is 14. The van der Waals surface area contributed by atoms with E-state index in [0.717, 1.165) is 38.5 Å². The van der Waals surface area contributed by atoms with Crippen LogP contribution in [-0.2, 0) is 14.4 Å². The number of carbonyl (C=O) groups excluding carboxylic acids is 3. The summed E-state index contributed by atoms with van der Waals surface area (Å²) in [6, 6.07) is 6.67. The van der Waals surface area contributed by atoms with Crippen LogP contribution in [0.2, 0.25) is 0 Å². The van der Waals surface area contributed by atoms with E-state index in [1.54, 1.807) is 52.8 Å². The van der Waals surface area contributed by atoms with Gasteiger partial charge in [0.25, 0.3) is 5.91 Å². The predicted octanol–water partition coefficient (Wildman–Crippen LogP) is 3.50. The van der Waals surface area contributed by atoms with Crippen molar-refractivity contribution < 1.29 is 24.2 Å². The molecule has 2 bridgehead atoms. The monoisotopic (exact) mass is 555 g/mol. The SMILES string of the molecule is C=CCN(C)C(=O)[C@@H]1[C@H]2C(=O)N(CCCCCCO)C(C(=O)N(CC=C)c3ccc(OC)cc3)C23CC[C@H]1S3. The van der Waals surface area contributed by atoms with E-state index < -0.39 is 22.6 Å². The number of anilines is 1. The Labute approximate surface area is 236 Å². The Kier molecular flexibility index (Phi) is 9.43. The third-order valence-corrected chi connectivity index (χ3v) is 10.3. The molecule has 3 aliphatic rings. The van der Waals surface area contributed by atoms with Gasteiger partial charge in [0.2, 0.25) is 11.8 Å². The lowest BCUT2D eigenvalue weighted by Crippen LogP contribution is -2.55. The zero-order chi connectivity index (χ0) is 28.2. The molecule has 0 saturated carbocycles. The fourth-order valence-corrected chi connectivity index (χ4v) is 8.81. The number of methoxy groups -OCH3 is 1. The molecule has 1 aromatic carbocycles. The minimum atomic E-state index is -0.660. The summed E-state index contributed by atoms with van der Waals surface area (Å²) in [4.78, 5) is 47.4. The number of nitrogens with zero attached hydrogens (tertiary/aromatic N) is 3. The maximum Gasteiger partial charge on any atom is 0.251 e. The summed E-state index contributed by atoms with van der Waals surface area (Å²) < 4.78 is 4.67. The highest BCUT2D eigenvalue weighted by Gasteiger charge is 2.73. The van der Waals surface area contributed by atoms with Crippen molar-refractivity contribution in [2.45, 2.75) is 54.6 Å². The Hall–Kier alpha value is -2.78. The number of aliphatic hydroxyl groups excluding tert-OH is 1. The van der Waals surface area contributed by atoms with Crippen molar-refractivity contribution in [1.29, 1.82) is 0 Å². The first-order valence-electron chi connectivity index (χ1n) is 13.9. The first-order valence-corrected chi connectivity index (χ1v) is 14.7. The highest BCUT2D eigenvalue weighted by Crippen LogP contribution is 2.66. The zero-order valence-electron chi connectivity index (χ0n) is 23.1. The average Bonchev–Trinajstić information content (AvgIpc) is 3.58. The number of amides is 3. The van der Waals surface area contributed by atoms with Crippen LogP contribution in [0.4, 0.5) is 5.69 Å². The molecule has 9 heteroatoms. The van der Waals surface area contributed by atoms with Crippen molar-refractivity contribution in [1.82, 2.24) is 9.80 Å². The fourth-order valence-electron chi connectivity index (χ4n) is 6.60. The molecule has 3 saturated heterocycles. The summed E-state index contributed by atoms with van der Waals surface area (Å²) in [6.07, 6.45) is 8.12. The molecule has 1 spiro atoms. The minimum absolute atomic E-state index is 0.0227. The molecule has 4 rings (SSSR count). The molecule has 0 aromatic heterocycles. The van der Waals surface area contributed by atoms with Gasteiger partial charge < -0.3 is 24.5 Å². The highest BCUT2D eigenvalue weighted by atomic mass is 32.2. The van der Waals surface area contributed by atoms with Crippen LogP contribution in [0.5, 0.6) is 5.75 Å². The van der Waals surface area contributed by atoms with Crippen LogP contribution in [0.1, 0.15) is 38.5 Å². The number of hydrogen-bond acceptors (Lipinski definition) is 6. The van der Waals surface area contributed by atoms with Crippen LogP contribution in [0, 0.1) is 11.8 Å². The number of aliphatic hydroxyl groups is 1. The van der Waals surface area contributed by atoms with E-state index in [4.69, 9.17) is 9.84 Å². The number of thioether (sulfide) groups is 1. The Balaban J connectivity index is 1.70. The number of fused-ring (bicyclic) bond motifs is 1. The Morgan fingerprint density at radius 3 is 2.46 bits per heavy atom. The standard InChI is InChI=1S/C30H41N3O5S/c1-5-17-31(3)27(35)24-23-15-16-30(39-23)25(24)28(36)33(19-9-7-8-10-20-34)26(30)29(37)32(18-6-2)21-11-13-22(38-4)14-12-21/h5-6,11-14,23-26,34H,1-2,7-10,15-20H2,3-4H3/t23-,24+,25+,26?,30?/m1/s1. The van der Waals surface area contributed by atoms with Gasteiger partial charge in [-0.05, 0) is 49.9 Å². The molecule has 0 radical (unpaired) electrons. The number of benzene rings is 1. The van der Waals surface area contributed by atoms with E-state index in [-0.39, 0.29) is 29.6 Å². The number of unbranched alkanes of at least 4 members (excludes halogenated alkanes) is 3. The molecule has 5 atom stereocenters. The van der Waals surface area contributed by atoms with Gasteiger partial charge in [-0.3, -0.25) is 14.4 Å². The summed E-state index contributed by atoms with van der Waals surface area (Å²) in [6.45, 7) is 8.97. The average molecular weight is 556 g/mol. The summed E-state index contributed by atoms with van der Waals surface area (Å²) in [5, 5.41) is 9.18. The largest absolute Gasteiger partial charge is 0.497 e. The Morgan fingerprint density at radius 1 is 1.13 bits per heavy atom. The van der Waals surface area contributed by atoms with Crippen LogP contribution < -0.4 is 9.64 Å². The molecule has 0 aliphatic carbocycles. The quantitative estimate of drug-likeness (QED) is 0.279. The van der Waals surface area contributed by atoms with Crippen molar-refractivity contribution in [3.63, 3.8) is 0 Å². The lowest BCUT2D eigenvalue weighted by molar-refractivity contribution is -0.143. The van der Waals surface area contributed by atoms with Crippen molar-refractivity contribution in [3.8, 4) is 5.75 Å². The number of hydrogen-bond donors (Lipinski definition) is 1. The summed E-state index contributed by atoms with van der Waals surface area (Å²) in [5.41, 5.74) is 0.715. The zero-order valence-corrected chi connectivity index (χ0v) is 23.9. The Morgan fingerprint density at radius 2 is 1.82 bits per heavy atom. The van der Waals surface area contributed by atoms with Gasteiger partial charge in [0.05, 0.1) is 23.7 Å². The molecule has 3 heterocycles. The van der Waals surface area contributed by atoms with Gasteiger partial charge in [-0.1, -0.05) is 25.0 Å². The van der Waals surface area contributed by atoms with Crippen LogP contribution in [0.15, 0.2) is 49.6 Å². The topological polar surface area (TPSA) is 90.4 Å². The van der Waals surface area contributed by atoms with Crippen LogP contribution in [-0.4, -0.2) is 89.1 Å². The first-order chi connectivity index (χ1) is 18.8. The number of ether oxygens (including phenoxy) is 1. The van der Waals surface area contributed by atoms with Crippen LogP contribution in [0.25, 0.3) is 0 Å². The fraction of sp³-hybridized carbons (Fsp3) is 0.567. The van der Waals surface area contributed by atoms with Gasteiger partial charge in [-0.2, -0.15) is 0 Å². The van der Waals surface area contributed by atoms with E-state index >= 15 is 0 Å². The molecule has 39 heavy (non-hydrogen) atoms. The molecule has 1 N–H and O–H groups in total. The second kappa shape index (κ2) is 12.6. The molecule has 8 nitrogen and oxygen atoms in total. The lowest BCUT2D eigenvalue weighted by atomic mass is 9.70. The first kappa shape index (κ1) is 29.2. The number of likely N-dealkylation sites (tertiary alicyclic amines) is 1. The van der Waals surface area contributed by atoms with Gasteiger partial charge in [0, 0.05) is 44.2 Å². The molecular weight excluding hydrogens is 514 g/mol. The maximum absolute atomic E-state index is 14.5. The van der Waals surface area contributed by atoms with Crippen molar-refractivity contribution in [2.75, 3.05) is 45.3 Å². The number of likely N-dealkylation sites (N-methyl/N-ethyl adjacent to an activating group) is 1. The van der Waals surface area contributed by atoms with E-state index in [2.05, 4.69) is 13.2 Å². The third kappa shape index (κ3) is 5.35. The summed E-state index contributed by atoms with van der Waals surface area (Å²) in [5.74, 6) is -0.519. The minimum Gasteiger partial charge on any atom is -0.497 e. The molecular formula is C30H41N3O5S. The van der Waals surface area contributed by atoms with E-state index in [1.165, 1.54) is 0 Å². The summed E-state index contributed by atoms with van der Waals surface area (Å²) in [7, 11) is 3.35. The molecule has 3 fully saturated rings. The van der Waals surface area contributed by atoms with Gasteiger partial charge in [-0.15, -0.1) is 24.9 Å². The predicted molar refractivity (Wildman–Crippen MR) is 155 cm³/mol. The van der Waals surface area contributed by atoms with Crippen molar-refractivity contribution in [2.24, 2.45) is 11.8 Å². The van der Waals surface area contributed by atoms with Gasteiger partial charge in [0.15, 0.2) is 0 Å². The normalized spacial score (nSPS) is 26.8. The van der Waals surface area contributed by atoms with Gasteiger partial charge in [-0.25, -0.2) is 0 Å². The lowest BCUT2D eigenvalue weighted by Gasteiger charge is -2.37.